The van der Waals surface area contributed by atoms with Crippen LogP contribution >= 0.6 is 70.5 Å². The standard InChI is InChI=1S/C24H38N7O19P3S.C23H38N7O17P3S.CH2O3/c1-24(2,19(37)22(38)27-4-3-13(32)26-5-6-54-15(35)7-14(33)34)9-47-53(44,45)50-52(42,43)46-8-12-18(49-51(39,40)41)17(36)23(48-12)31-11-30-16-20(25)28-10-29-21(16)31;1-12(31)51-7-6-25-14(32)4-5-26-21(35)18(34)23(2,3)9-44-50(41,42)47-49(39,40)43-8-13-17(46-48(36,37)38)16(33)22(45-13)30-11-29-15-19(24)27-10-28-20(15)30;2-1-4-3/h10-12,17-19,23,36-37H,3-9H2,1-2H3,(H,26,32)(H,27,38)(H,33,34)(H,42,43)(H,44,45)(H2,25,28,29)(H2,39,40,41);10-11,13,16-18,22,33-34H,4-9H2,1-3H3,(H,25,32)(H,26,35)(H,39,40)(H,41,42)(H2,24,27,28)(H2,36,37,38);1,3H/p-9. The molecule has 0 radical (unpaired) electrons. The summed E-state index contributed by atoms with van der Waals surface area (Å²) < 4.78 is 120. The van der Waals surface area contributed by atoms with E-state index in [-0.39, 0.29) is 90.3 Å². The lowest BCUT2D eigenvalue weighted by Gasteiger charge is -2.36. The van der Waals surface area contributed by atoms with Gasteiger partial charge in [-0.3, -0.25) is 65.8 Å². The van der Waals surface area contributed by atoms with Crippen molar-refractivity contribution in [2.24, 2.45) is 10.8 Å². The van der Waals surface area contributed by atoms with Gasteiger partial charge >= 0.3 is 5.97 Å². The number of amides is 4. The zero-order valence-electron chi connectivity index (χ0n) is 56.7. The van der Waals surface area contributed by atoms with E-state index in [0.29, 0.717) is 17.5 Å². The molecule has 0 bridgehead atoms. The Morgan fingerprint density at radius 1 is 0.596 bits per heavy atom. The van der Waals surface area contributed by atoms with Gasteiger partial charge in [0.15, 0.2) is 45.6 Å². The normalized spacial score (nSPS) is 21.6. The fourth-order valence-corrected chi connectivity index (χ4v) is 15.4. The number of aliphatic hydroxyl groups is 4. The summed E-state index contributed by atoms with van der Waals surface area (Å²) >= 11 is 1.72. The minimum Gasteiger partial charge on any atom is -0.790 e. The van der Waals surface area contributed by atoms with Gasteiger partial charge in [-0.15, -0.1) is 0 Å². The maximum Gasteiger partial charge on any atom is 0.311 e. The molecule has 4 amide bonds. The van der Waals surface area contributed by atoms with E-state index in [4.69, 9.17) is 36.1 Å². The Morgan fingerprint density at radius 3 is 1.29 bits per heavy atom. The fourth-order valence-electron chi connectivity index (χ4n) is 8.75. The number of nitrogens with zero attached hydrogens (tertiary/aromatic N) is 8. The number of nitrogens with two attached hydrogens (primary N) is 2. The number of hydrogen-bond donors (Lipinski definition) is 11. The Labute approximate surface area is 621 Å². The number of anilines is 2. The van der Waals surface area contributed by atoms with Gasteiger partial charge in [0, 0.05) is 68.3 Å². The molecule has 0 saturated carbocycles. The molecule has 14 unspecified atom stereocenters. The molecule has 53 nitrogen and oxygen atoms in total. The minimum absolute atomic E-state index is 0.0176. The Balaban J connectivity index is 0.000000439. The van der Waals surface area contributed by atoms with Crippen LogP contribution in [0.4, 0.5) is 11.6 Å². The summed E-state index contributed by atoms with van der Waals surface area (Å²) in [5, 5.41) is 68.1. The molecule has 0 aliphatic carbocycles. The van der Waals surface area contributed by atoms with Crippen molar-refractivity contribution in [3.8, 4) is 0 Å². The van der Waals surface area contributed by atoms with Gasteiger partial charge in [-0.2, -0.15) is 0 Å². The molecular formula is C48H69N14O39P6S2-9. The fraction of sp³-hybridized carbons (Fsp3) is 0.625. The largest absolute Gasteiger partial charge is 0.790 e. The number of rotatable bonds is 41. The molecule has 13 N–H and O–H groups in total. The van der Waals surface area contributed by atoms with Gasteiger partial charge in [0.2, 0.25) is 23.6 Å². The third-order valence-electron chi connectivity index (χ3n) is 13.9. The highest BCUT2D eigenvalue weighted by atomic mass is 32.2. The van der Waals surface area contributed by atoms with Gasteiger partial charge in [-0.25, -0.2) is 38.5 Å². The topological polar surface area (TPSA) is 837 Å². The summed E-state index contributed by atoms with van der Waals surface area (Å²) in [4.78, 5) is 211. The van der Waals surface area contributed by atoms with Gasteiger partial charge in [-0.05, 0) is 0 Å². The number of hydrogen-bond acceptors (Lipinski definition) is 48. The SMILES string of the molecule is CC(=O)SCCNC(=O)CCNC(=O)C(O)C(C)(C)COP(=O)([O-])OP(=O)([O-])OCC1OC(n2cnc3c(N)ncnc32)C(O)C1OP(=O)([O-])[O-].CC(C)(COP(=O)([O-])OP(=O)([O-])OCC1OC(n2cnc3c(N)ncnc32)C(O)C1OP(=O)([O-])[O-])C(O)C(=O)NCCC(=O)NCCSC(=O)CC(=O)O.O=CO[O-]. The first kappa shape index (κ1) is 95.4. The van der Waals surface area contributed by atoms with E-state index in [0.717, 1.165) is 60.1 Å². The second kappa shape index (κ2) is 41.7. The summed E-state index contributed by atoms with van der Waals surface area (Å²) in [6.45, 7) is 1.04. The number of thioether (sulfide) groups is 2. The molecule has 6 heterocycles. The molecule has 2 saturated heterocycles. The van der Waals surface area contributed by atoms with Crippen molar-refractivity contribution in [2.75, 3.05) is 75.6 Å². The highest BCUT2D eigenvalue weighted by Crippen LogP contribution is 2.58. The van der Waals surface area contributed by atoms with Crippen LogP contribution in [0.2, 0.25) is 0 Å². The number of aromatic nitrogens is 8. The molecule has 4 aromatic rings. The third kappa shape index (κ3) is 31.8. The maximum absolute atomic E-state index is 12.5. The summed E-state index contributed by atoms with van der Waals surface area (Å²) in [5.74, 6) is -4.11. The number of carbonyl (C=O) groups is 8. The molecule has 14 atom stereocenters. The first-order chi connectivity index (χ1) is 50.3. The van der Waals surface area contributed by atoms with Crippen LogP contribution in [-0.2, 0) is 116 Å². The number of aliphatic carboxylic acids is 1. The van der Waals surface area contributed by atoms with Crippen LogP contribution in [0.1, 0.15) is 66.3 Å². The highest BCUT2D eigenvalue weighted by molar-refractivity contribution is 8.13. The van der Waals surface area contributed by atoms with Gasteiger partial charge < -0.3 is 153 Å². The number of nitrogens with one attached hydrogen (secondary N) is 4. The van der Waals surface area contributed by atoms with E-state index < -0.39 is 187 Å². The predicted octanol–water partition coefficient (Wildman–Crippen LogP) is -9.80. The average molecular weight is 1720 g/mol. The lowest BCUT2D eigenvalue weighted by molar-refractivity contribution is -0.652. The number of imidazole rings is 2. The van der Waals surface area contributed by atoms with E-state index in [1.54, 1.807) is 0 Å². The summed E-state index contributed by atoms with van der Waals surface area (Å²) in [6.07, 6.45) is -16.0. The minimum atomic E-state index is -5.93. The number of carbonyl (C=O) groups excluding carboxylic acids is 7. The smallest absolute Gasteiger partial charge is 0.311 e. The number of ether oxygens (including phenoxy) is 2. The summed E-state index contributed by atoms with van der Waals surface area (Å²) in [6, 6.07) is 0. The predicted molar refractivity (Wildman–Crippen MR) is 342 cm³/mol. The van der Waals surface area contributed by atoms with E-state index in [2.05, 4.69) is 91.8 Å². The van der Waals surface area contributed by atoms with E-state index in [1.165, 1.54) is 20.8 Å². The van der Waals surface area contributed by atoms with Gasteiger partial charge in [0.05, 0.1) is 54.7 Å². The van der Waals surface area contributed by atoms with Crippen LogP contribution in [0.25, 0.3) is 22.3 Å². The first-order valence-electron chi connectivity index (χ1n) is 30.2. The van der Waals surface area contributed by atoms with Crippen molar-refractivity contribution in [1.82, 2.24) is 60.3 Å². The Kier molecular flexibility index (Phi) is 36.5. The van der Waals surface area contributed by atoms with E-state index in [9.17, 15) is 121 Å². The van der Waals surface area contributed by atoms with Crippen molar-refractivity contribution in [3.05, 3.63) is 25.3 Å². The maximum atomic E-state index is 12.5. The average Bonchev–Trinajstić information content (AvgIpc) is 1.62. The van der Waals surface area contributed by atoms with Crippen LogP contribution < -0.4 is 77.1 Å². The van der Waals surface area contributed by atoms with Gasteiger partial charge in [-0.1, -0.05) is 51.2 Å². The molecule has 109 heavy (non-hydrogen) atoms. The van der Waals surface area contributed by atoms with Crippen molar-refractivity contribution in [2.45, 2.75) is 115 Å². The number of phosphoric acid groups is 6. The third-order valence-corrected chi connectivity index (χ3v) is 21.6. The second-order valence-electron chi connectivity index (χ2n) is 23.3. The van der Waals surface area contributed by atoms with Crippen LogP contribution in [0.3, 0.4) is 0 Å². The monoisotopic (exact) mass is 1720 g/mol. The lowest BCUT2D eigenvalue weighted by atomic mass is 9.87. The van der Waals surface area contributed by atoms with E-state index >= 15 is 0 Å². The number of phosphoric ester groups is 6. The van der Waals surface area contributed by atoms with Crippen LogP contribution in [0.15, 0.2) is 25.3 Å². The zero-order valence-corrected chi connectivity index (χ0v) is 63.7. The number of nitrogen functional groups attached to an aromatic ring is 2. The molecule has 4 aromatic heterocycles. The van der Waals surface area contributed by atoms with Crippen LogP contribution in [0, 0.1) is 10.8 Å². The highest BCUT2D eigenvalue weighted by Gasteiger charge is 2.49. The van der Waals surface area contributed by atoms with Crippen molar-refractivity contribution < 1.29 is 186 Å². The number of carboxylic acids is 1. The molecule has 61 heteroatoms. The number of carboxylic acid groups (broad SMARTS) is 1. The van der Waals surface area contributed by atoms with Crippen molar-refractivity contribution in [1.29, 1.82) is 0 Å². The first-order valence-corrected chi connectivity index (χ1v) is 40.9. The molecule has 2 fully saturated rings. The molecular weight excluding hydrogens is 1650 g/mol. The van der Waals surface area contributed by atoms with Gasteiger partial charge in [0.25, 0.3) is 37.8 Å². The summed E-state index contributed by atoms with van der Waals surface area (Å²) in [7, 11) is -35.2. The Hall–Kier alpha value is -5.98. The number of fused-ring (bicyclic) bond motifs is 2. The summed E-state index contributed by atoms with van der Waals surface area (Å²) in [5.41, 5.74) is 8.06. The molecule has 0 spiro atoms. The quantitative estimate of drug-likeness (QED) is 0.00491. The van der Waals surface area contributed by atoms with E-state index in [1.807, 2.05) is 0 Å². The van der Waals surface area contributed by atoms with Crippen molar-refractivity contribution >= 4 is 151 Å². The molecule has 2 aliphatic heterocycles. The lowest BCUT2D eigenvalue weighted by Crippen LogP contribution is -2.46. The number of aliphatic hydroxyl groups excluding tert-OH is 4. The van der Waals surface area contributed by atoms with Crippen molar-refractivity contribution in [3.63, 3.8) is 0 Å². The molecule has 0 aromatic carbocycles. The van der Waals surface area contributed by atoms with Crippen LogP contribution in [-0.4, -0.2) is 224 Å². The van der Waals surface area contributed by atoms with Gasteiger partial charge in [0.1, 0.15) is 78.9 Å². The van der Waals surface area contributed by atoms with Crippen LogP contribution in [0.5, 0.6) is 0 Å². The molecule has 6 rings (SSSR count). The molecule has 616 valence electrons. The zero-order chi connectivity index (χ0) is 82.4. The Bertz CT molecular complexity index is 4120. The second-order valence-corrected chi connectivity index (χ2v) is 33.8. The Morgan fingerprint density at radius 2 is 0.954 bits per heavy atom. The molecule has 2 aliphatic rings.